The Kier molecular flexibility index (Phi) is 7.39. The largest absolute Gasteiger partial charge is 0.505 e. The summed E-state index contributed by atoms with van der Waals surface area (Å²) in [5.74, 6) is -1.59. The summed E-state index contributed by atoms with van der Waals surface area (Å²) in [5, 5.41) is 36.5. The molecule has 5 rings (SSSR count). The number of carbonyl (C=O) groups excluding carboxylic acids is 2. The standard InChI is InChI=1S/C28H20N8O5/c1-29-22-14-32-36(28-30-10-3-11-31-28)25(22)35-34-23-20-9-6-17(27(40)41-2)12-18(20)13-21(24(23)38)26(39)33-19-7-4-16(15-37)5-8-19/h3-14,37-38H,15H2,2H3,(H,33,39). The van der Waals surface area contributed by atoms with Crippen LogP contribution in [0.5, 0.6) is 5.75 Å². The molecule has 0 radical (unpaired) electrons. The van der Waals surface area contributed by atoms with Gasteiger partial charge in [0.15, 0.2) is 11.6 Å². The van der Waals surface area contributed by atoms with Crippen molar-refractivity contribution in [2.24, 2.45) is 10.2 Å². The number of hydrogen-bond donors (Lipinski definition) is 3. The molecule has 0 aliphatic rings. The Labute approximate surface area is 232 Å². The Morgan fingerprint density at radius 2 is 1.85 bits per heavy atom. The van der Waals surface area contributed by atoms with Crippen LogP contribution in [0.3, 0.4) is 0 Å². The van der Waals surface area contributed by atoms with Gasteiger partial charge in [-0.3, -0.25) is 4.79 Å². The zero-order chi connectivity index (χ0) is 28.9. The number of benzene rings is 3. The molecule has 0 aliphatic heterocycles. The van der Waals surface area contributed by atoms with E-state index >= 15 is 0 Å². The highest BCUT2D eigenvalue weighted by atomic mass is 16.5. The van der Waals surface area contributed by atoms with Gasteiger partial charge in [-0.05, 0) is 47.3 Å². The average Bonchev–Trinajstić information content (AvgIpc) is 3.43. The minimum atomic E-state index is -0.661. The van der Waals surface area contributed by atoms with Crippen molar-refractivity contribution in [3.8, 4) is 11.7 Å². The minimum Gasteiger partial charge on any atom is -0.505 e. The highest BCUT2D eigenvalue weighted by Crippen LogP contribution is 2.41. The molecule has 0 spiro atoms. The molecule has 3 aromatic carbocycles. The molecule has 0 unspecified atom stereocenters. The van der Waals surface area contributed by atoms with Crippen LogP contribution in [0.15, 0.2) is 83.4 Å². The van der Waals surface area contributed by atoms with Crippen LogP contribution < -0.4 is 5.32 Å². The molecule has 41 heavy (non-hydrogen) atoms. The fourth-order valence-corrected chi connectivity index (χ4v) is 3.94. The van der Waals surface area contributed by atoms with Gasteiger partial charge in [-0.15, -0.1) is 10.2 Å². The lowest BCUT2D eigenvalue weighted by atomic mass is 10.0. The molecule has 13 heteroatoms. The number of aromatic hydroxyl groups is 1. The zero-order valence-electron chi connectivity index (χ0n) is 21.4. The summed E-state index contributed by atoms with van der Waals surface area (Å²) in [6.07, 6.45) is 4.28. The number of nitrogens with zero attached hydrogens (tertiary/aromatic N) is 7. The number of carbonyl (C=O) groups is 2. The molecular formula is C28H20N8O5. The first-order chi connectivity index (χ1) is 19.9. The number of azo groups is 1. The molecule has 2 heterocycles. The van der Waals surface area contributed by atoms with Gasteiger partial charge in [0, 0.05) is 23.5 Å². The van der Waals surface area contributed by atoms with Crippen LogP contribution in [0, 0.1) is 6.57 Å². The van der Waals surface area contributed by atoms with Crippen LogP contribution in [0.1, 0.15) is 26.3 Å². The summed E-state index contributed by atoms with van der Waals surface area (Å²) < 4.78 is 6.04. The zero-order valence-corrected chi connectivity index (χ0v) is 21.4. The van der Waals surface area contributed by atoms with E-state index < -0.39 is 17.6 Å². The number of esters is 1. The van der Waals surface area contributed by atoms with Gasteiger partial charge in [0.25, 0.3) is 17.5 Å². The molecule has 13 nitrogen and oxygen atoms in total. The summed E-state index contributed by atoms with van der Waals surface area (Å²) in [7, 11) is 1.25. The number of aromatic nitrogens is 4. The summed E-state index contributed by atoms with van der Waals surface area (Å²) in [4.78, 5) is 37.1. The molecule has 202 valence electrons. The Morgan fingerprint density at radius 3 is 2.54 bits per heavy atom. The number of aliphatic hydroxyl groups excluding tert-OH is 1. The summed E-state index contributed by atoms with van der Waals surface area (Å²) >= 11 is 0. The van der Waals surface area contributed by atoms with Crippen LogP contribution in [-0.2, 0) is 11.3 Å². The number of rotatable bonds is 7. The quantitative estimate of drug-likeness (QED) is 0.145. The topological polar surface area (TPSA) is 169 Å². The first-order valence-electron chi connectivity index (χ1n) is 12.0. The maximum atomic E-state index is 13.3. The number of phenolic OH excluding ortho intramolecular Hbond substituents is 1. The first-order valence-corrected chi connectivity index (χ1v) is 12.0. The van der Waals surface area contributed by atoms with Crippen LogP contribution in [-0.4, -0.2) is 48.9 Å². The van der Waals surface area contributed by atoms with Crippen LogP contribution in [0.4, 0.5) is 22.9 Å². The summed E-state index contributed by atoms with van der Waals surface area (Å²) in [6.45, 7) is 7.34. The second-order valence-electron chi connectivity index (χ2n) is 8.48. The van der Waals surface area contributed by atoms with Gasteiger partial charge in [0.2, 0.25) is 0 Å². The number of amides is 1. The van der Waals surface area contributed by atoms with E-state index in [0.717, 1.165) is 0 Å². The Bertz CT molecular complexity index is 1840. The minimum absolute atomic E-state index is 0.00348. The Morgan fingerprint density at radius 1 is 1.10 bits per heavy atom. The molecule has 0 atom stereocenters. The van der Waals surface area contributed by atoms with E-state index in [1.165, 1.54) is 48.6 Å². The second-order valence-corrected chi connectivity index (χ2v) is 8.48. The highest BCUT2D eigenvalue weighted by molar-refractivity contribution is 6.12. The van der Waals surface area contributed by atoms with E-state index in [2.05, 4.69) is 35.5 Å². The monoisotopic (exact) mass is 548 g/mol. The van der Waals surface area contributed by atoms with E-state index in [1.807, 2.05) is 0 Å². The summed E-state index contributed by atoms with van der Waals surface area (Å²) in [6, 6.07) is 14.1. The third-order valence-corrected chi connectivity index (χ3v) is 5.98. The first kappa shape index (κ1) is 26.6. The normalized spacial score (nSPS) is 11.0. The van der Waals surface area contributed by atoms with Crippen molar-refractivity contribution < 1.29 is 24.5 Å². The van der Waals surface area contributed by atoms with Gasteiger partial charge in [-0.25, -0.2) is 19.6 Å². The molecule has 0 aliphatic carbocycles. The van der Waals surface area contributed by atoms with Gasteiger partial charge in [-0.1, -0.05) is 18.2 Å². The van der Waals surface area contributed by atoms with Crippen molar-refractivity contribution in [1.29, 1.82) is 0 Å². The maximum absolute atomic E-state index is 13.3. The lowest BCUT2D eigenvalue weighted by molar-refractivity contribution is 0.0600. The van der Waals surface area contributed by atoms with Crippen molar-refractivity contribution >= 4 is 45.5 Å². The van der Waals surface area contributed by atoms with E-state index in [0.29, 0.717) is 22.0 Å². The number of anilines is 1. The lowest BCUT2D eigenvalue weighted by Gasteiger charge is -2.12. The van der Waals surface area contributed by atoms with E-state index in [9.17, 15) is 19.8 Å². The molecule has 3 N–H and O–H groups in total. The second kappa shape index (κ2) is 11.4. The van der Waals surface area contributed by atoms with Crippen molar-refractivity contribution in [3.05, 3.63) is 101 Å². The molecule has 2 aromatic heterocycles. The predicted molar refractivity (Wildman–Crippen MR) is 147 cm³/mol. The predicted octanol–water partition coefficient (Wildman–Crippen LogP) is 5.02. The molecule has 0 saturated carbocycles. The number of methoxy groups -OCH3 is 1. The van der Waals surface area contributed by atoms with Crippen LogP contribution >= 0.6 is 0 Å². The average molecular weight is 549 g/mol. The van der Waals surface area contributed by atoms with E-state index in [4.69, 9.17) is 11.3 Å². The van der Waals surface area contributed by atoms with E-state index in [1.54, 1.807) is 36.4 Å². The molecule has 5 aromatic rings. The fraction of sp³-hybridized carbons (Fsp3) is 0.0714. The van der Waals surface area contributed by atoms with Crippen molar-refractivity contribution in [2.75, 3.05) is 12.4 Å². The third kappa shape index (κ3) is 5.31. The van der Waals surface area contributed by atoms with Crippen LogP contribution in [0.2, 0.25) is 0 Å². The number of hydrogen-bond acceptors (Lipinski definition) is 10. The van der Waals surface area contributed by atoms with Gasteiger partial charge in [-0.2, -0.15) is 9.78 Å². The van der Waals surface area contributed by atoms with Crippen molar-refractivity contribution in [3.63, 3.8) is 0 Å². The van der Waals surface area contributed by atoms with Gasteiger partial charge < -0.3 is 20.3 Å². The maximum Gasteiger partial charge on any atom is 0.337 e. The van der Waals surface area contributed by atoms with Crippen molar-refractivity contribution in [1.82, 2.24) is 19.7 Å². The lowest BCUT2D eigenvalue weighted by Crippen LogP contribution is -2.12. The SMILES string of the molecule is [C-]#[N+]c1cnn(-c2ncccn2)c1N=Nc1c(O)c(C(=O)Nc2ccc(CO)cc2)cc2cc(C(=O)OC)ccc12. The van der Waals surface area contributed by atoms with Crippen LogP contribution in [0.25, 0.3) is 21.6 Å². The van der Waals surface area contributed by atoms with E-state index in [-0.39, 0.29) is 40.9 Å². The number of nitrogens with one attached hydrogen (secondary N) is 1. The Hall–Kier alpha value is -6.00. The molecule has 1 amide bonds. The number of phenols is 1. The number of aliphatic hydroxyl groups is 1. The fourth-order valence-electron chi connectivity index (χ4n) is 3.94. The number of fused-ring (bicyclic) bond motifs is 1. The van der Waals surface area contributed by atoms with Gasteiger partial charge in [0.1, 0.15) is 5.69 Å². The van der Waals surface area contributed by atoms with Gasteiger partial charge >= 0.3 is 5.97 Å². The molecule has 0 bridgehead atoms. The third-order valence-electron chi connectivity index (χ3n) is 5.98. The molecule has 0 saturated heterocycles. The molecule has 0 fully saturated rings. The Balaban J connectivity index is 1.64. The highest BCUT2D eigenvalue weighted by Gasteiger charge is 2.21. The smallest absolute Gasteiger partial charge is 0.337 e. The summed E-state index contributed by atoms with van der Waals surface area (Å²) in [5.41, 5.74) is 1.12. The molecular weight excluding hydrogens is 528 g/mol. The van der Waals surface area contributed by atoms with Gasteiger partial charge in [0.05, 0.1) is 37.6 Å². The number of ether oxygens (including phenoxy) is 1. The van der Waals surface area contributed by atoms with Crippen molar-refractivity contribution in [2.45, 2.75) is 6.61 Å².